The molecule has 0 aliphatic carbocycles. The minimum Gasteiger partial charge on any atom is -0.508 e. The molecule has 2 unspecified atom stereocenters. The van der Waals surface area contributed by atoms with Gasteiger partial charge in [-0.05, 0) is 40.2 Å². The largest absolute Gasteiger partial charge is 0.508 e. The molecule has 4 N–H and O–H groups in total. The van der Waals surface area contributed by atoms with Crippen molar-refractivity contribution in [1.82, 2.24) is 15.5 Å². The number of nitrogens with zero attached hydrogens (tertiary/aromatic N) is 1. The molecule has 0 fully saturated rings. The first-order valence-electron chi connectivity index (χ1n) is 10.5. The van der Waals surface area contributed by atoms with Crippen LogP contribution in [0, 0.1) is 0 Å². The number of aromatic hydroxyl groups is 1. The summed E-state index contributed by atoms with van der Waals surface area (Å²) in [6, 6.07) is 4.90. The van der Waals surface area contributed by atoms with Crippen molar-refractivity contribution in [3.8, 4) is 5.75 Å². The third-order valence-electron chi connectivity index (χ3n) is 4.35. The molecule has 1 aromatic rings. The van der Waals surface area contributed by atoms with Gasteiger partial charge in [-0.25, -0.2) is 4.79 Å². The lowest BCUT2D eigenvalue weighted by Gasteiger charge is -2.32. The van der Waals surface area contributed by atoms with E-state index in [2.05, 4.69) is 10.6 Å². The van der Waals surface area contributed by atoms with Crippen molar-refractivity contribution in [2.24, 2.45) is 0 Å². The Balaban J connectivity index is 3.14. The predicted molar refractivity (Wildman–Crippen MR) is 116 cm³/mol. The van der Waals surface area contributed by atoms with Crippen molar-refractivity contribution in [2.75, 3.05) is 19.7 Å². The zero-order chi connectivity index (χ0) is 23.6. The third-order valence-corrected chi connectivity index (χ3v) is 4.35. The van der Waals surface area contributed by atoms with E-state index in [0.29, 0.717) is 0 Å². The highest BCUT2D eigenvalue weighted by Crippen LogP contribution is 2.29. The van der Waals surface area contributed by atoms with E-state index in [-0.39, 0.29) is 23.9 Å². The SMILES string of the molecule is CCCC(C)NC(=O)C(c1ccccc1O)N(CCO)C(=O)CNC(=O)OC(C)(C)C. The normalized spacial score (nSPS) is 13.1. The van der Waals surface area contributed by atoms with Gasteiger partial charge in [-0.2, -0.15) is 0 Å². The van der Waals surface area contributed by atoms with Crippen LogP contribution in [-0.2, 0) is 14.3 Å². The first kappa shape index (κ1) is 26.2. The van der Waals surface area contributed by atoms with E-state index in [0.717, 1.165) is 17.7 Å². The molecule has 174 valence electrons. The predicted octanol–water partition coefficient (Wildman–Crippen LogP) is 2.08. The summed E-state index contributed by atoms with van der Waals surface area (Å²) in [6.07, 6.45) is 0.833. The number of para-hydroxylation sites is 1. The lowest BCUT2D eigenvalue weighted by molar-refractivity contribution is -0.141. The molecule has 0 radical (unpaired) electrons. The van der Waals surface area contributed by atoms with Gasteiger partial charge in [0.15, 0.2) is 0 Å². The van der Waals surface area contributed by atoms with Gasteiger partial charge in [0, 0.05) is 18.2 Å². The van der Waals surface area contributed by atoms with E-state index in [1.165, 1.54) is 6.07 Å². The van der Waals surface area contributed by atoms with Gasteiger partial charge in [0.05, 0.1) is 6.61 Å². The van der Waals surface area contributed by atoms with Gasteiger partial charge < -0.3 is 30.5 Å². The van der Waals surface area contributed by atoms with Gasteiger partial charge in [0.1, 0.15) is 23.9 Å². The molecule has 0 aromatic heterocycles. The molecule has 2 atom stereocenters. The number of aliphatic hydroxyl groups excluding tert-OH is 1. The quantitative estimate of drug-likeness (QED) is 0.444. The van der Waals surface area contributed by atoms with E-state index >= 15 is 0 Å². The fraction of sp³-hybridized carbons (Fsp3) is 0.591. The van der Waals surface area contributed by atoms with Crippen LogP contribution in [0.4, 0.5) is 4.79 Å². The molecule has 0 saturated heterocycles. The van der Waals surface area contributed by atoms with Gasteiger partial charge in [-0.15, -0.1) is 0 Å². The van der Waals surface area contributed by atoms with Crippen LogP contribution >= 0.6 is 0 Å². The Kier molecular flexibility index (Phi) is 10.3. The number of benzene rings is 1. The number of nitrogens with one attached hydrogen (secondary N) is 2. The van der Waals surface area contributed by atoms with Crippen LogP contribution in [0.1, 0.15) is 59.1 Å². The monoisotopic (exact) mass is 437 g/mol. The molecule has 0 spiro atoms. The number of rotatable bonds is 10. The van der Waals surface area contributed by atoms with E-state index in [4.69, 9.17) is 4.74 Å². The fourth-order valence-corrected chi connectivity index (χ4v) is 3.07. The molecule has 3 amide bonds. The van der Waals surface area contributed by atoms with Gasteiger partial charge in [-0.3, -0.25) is 9.59 Å². The average Bonchev–Trinajstić information content (AvgIpc) is 2.66. The topological polar surface area (TPSA) is 128 Å². The lowest BCUT2D eigenvalue weighted by atomic mass is 10.0. The van der Waals surface area contributed by atoms with Crippen molar-refractivity contribution in [2.45, 2.75) is 65.1 Å². The molecular formula is C22H35N3O6. The number of ether oxygens (including phenoxy) is 1. The molecular weight excluding hydrogens is 402 g/mol. The molecule has 0 heterocycles. The van der Waals surface area contributed by atoms with Gasteiger partial charge >= 0.3 is 6.09 Å². The number of phenolic OH excluding ortho intramolecular Hbond substituents is 1. The van der Waals surface area contributed by atoms with Crippen molar-refractivity contribution in [3.05, 3.63) is 29.8 Å². The summed E-state index contributed by atoms with van der Waals surface area (Å²) in [6.45, 7) is 7.94. The van der Waals surface area contributed by atoms with Gasteiger partial charge in [0.25, 0.3) is 0 Å². The van der Waals surface area contributed by atoms with Gasteiger partial charge in [0.2, 0.25) is 11.8 Å². The summed E-state index contributed by atoms with van der Waals surface area (Å²) in [4.78, 5) is 39.1. The summed E-state index contributed by atoms with van der Waals surface area (Å²) in [5.41, 5.74) is -0.506. The number of carbonyl (C=O) groups excluding carboxylic acids is 3. The molecule has 9 heteroatoms. The maximum absolute atomic E-state index is 13.1. The zero-order valence-electron chi connectivity index (χ0n) is 19.0. The second kappa shape index (κ2) is 12.1. The van der Waals surface area contributed by atoms with Crippen LogP contribution in [0.3, 0.4) is 0 Å². The minimum atomic E-state index is -1.18. The number of aliphatic hydroxyl groups is 1. The highest BCUT2D eigenvalue weighted by molar-refractivity contribution is 5.91. The molecule has 0 saturated carbocycles. The lowest BCUT2D eigenvalue weighted by Crippen LogP contribution is -2.50. The van der Waals surface area contributed by atoms with Crippen LogP contribution in [0.25, 0.3) is 0 Å². The number of hydrogen-bond acceptors (Lipinski definition) is 6. The summed E-state index contributed by atoms with van der Waals surface area (Å²) in [7, 11) is 0. The molecule has 31 heavy (non-hydrogen) atoms. The Bertz CT molecular complexity index is 747. The molecule has 0 bridgehead atoms. The van der Waals surface area contributed by atoms with Crippen LogP contribution in [0.2, 0.25) is 0 Å². The van der Waals surface area contributed by atoms with Crippen molar-refractivity contribution in [3.63, 3.8) is 0 Å². The first-order chi connectivity index (χ1) is 14.5. The Hall–Kier alpha value is -2.81. The Labute approximate surface area is 183 Å². The summed E-state index contributed by atoms with van der Waals surface area (Å²) in [5, 5.41) is 25.1. The zero-order valence-corrected chi connectivity index (χ0v) is 19.0. The van der Waals surface area contributed by atoms with Crippen molar-refractivity contribution >= 4 is 17.9 Å². The molecule has 1 aromatic carbocycles. The smallest absolute Gasteiger partial charge is 0.408 e. The first-order valence-corrected chi connectivity index (χ1v) is 10.5. The Morgan fingerprint density at radius 3 is 2.39 bits per heavy atom. The molecule has 1 rings (SSSR count). The van der Waals surface area contributed by atoms with Gasteiger partial charge in [-0.1, -0.05) is 31.5 Å². The number of alkyl carbamates (subject to hydrolysis) is 1. The van der Waals surface area contributed by atoms with Crippen LogP contribution in [0.5, 0.6) is 5.75 Å². The maximum Gasteiger partial charge on any atom is 0.408 e. The highest BCUT2D eigenvalue weighted by atomic mass is 16.6. The minimum absolute atomic E-state index is 0.142. The summed E-state index contributed by atoms with van der Waals surface area (Å²) >= 11 is 0. The maximum atomic E-state index is 13.1. The van der Waals surface area contributed by atoms with E-state index in [9.17, 15) is 24.6 Å². The standard InChI is InChI=1S/C22H35N3O6/c1-6-9-15(2)24-20(29)19(16-10-7-8-11-17(16)27)25(12-13-26)18(28)14-23-21(30)31-22(3,4)5/h7-8,10-11,15,19,26-27H,6,9,12-14H2,1-5H3,(H,23,30)(H,24,29). The number of carbonyl (C=O) groups is 3. The highest BCUT2D eigenvalue weighted by Gasteiger charge is 2.33. The van der Waals surface area contributed by atoms with E-state index in [1.54, 1.807) is 39.0 Å². The number of hydrogen-bond donors (Lipinski definition) is 4. The van der Waals surface area contributed by atoms with E-state index < -0.39 is 42.7 Å². The second-order valence-electron chi connectivity index (χ2n) is 8.33. The average molecular weight is 438 g/mol. The fourth-order valence-electron chi connectivity index (χ4n) is 3.07. The van der Waals surface area contributed by atoms with Crippen LogP contribution in [0.15, 0.2) is 24.3 Å². The second-order valence-corrected chi connectivity index (χ2v) is 8.33. The van der Waals surface area contributed by atoms with Crippen LogP contribution < -0.4 is 10.6 Å². The molecule has 0 aliphatic heterocycles. The van der Waals surface area contributed by atoms with E-state index in [1.807, 2.05) is 13.8 Å². The third kappa shape index (κ3) is 8.84. The number of phenols is 1. The summed E-state index contributed by atoms with van der Waals surface area (Å²) < 4.78 is 5.13. The summed E-state index contributed by atoms with van der Waals surface area (Å²) in [5.74, 6) is -1.24. The Morgan fingerprint density at radius 1 is 1.19 bits per heavy atom. The van der Waals surface area contributed by atoms with Crippen LogP contribution in [-0.4, -0.2) is 64.4 Å². The molecule has 0 aliphatic rings. The van der Waals surface area contributed by atoms with Crippen molar-refractivity contribution < 1.29 is 29.3 Å². The van der Waals surface area contributed by atoms with Crippen molar-refractivity contribution in [1.29, 1.82) is 0 Å². The Morgan fingerprint density at radius 2 is 1.84 bits per heavy atom. The number of amides is 3. The molecule has 9 nitrogen and oxygen atoms in total.